The molecular formula is C15H16BrNO3. The summed E-state index contributed by atoms with van der Waals surface area (Å²) < 4.78 is 11.4. The van der Waals surface area contributed by atoms with Gasteiger partial charge < -0.3 is 14.5 Å². The summed E-state index contributed by atoms with van der Waals surface area (Å²) in [5, 5.41) is 2.82. The summed E-state index contributed by atoms with van der Waals surface area (Å²) in [5.41, 5.74) is 0.980. The van der Waals surface area contributed by atoms with Gasteiger partial charge >= 0.3 is 0 Å². The Bertz CT molecular complexity index is 607. The van der Waals surface area contributed by atoms with E-state index < -0.39 is 0 Å². The first kappa shape index (κ1) is 14.7. The predicted octanol–water partition coefficient (Wildman–Crippen LogP) is 3.54. The van der Waals surface area contributed by atoms with Crippen LogP contribution in [0.5, 0.6) is 5.75 Å². The lowest BCUT2D eigenvalue weighted by molar-refractivity contribution is 0.0921. The molecule has 0 aliphatic rings. The minimum atomic E-state index is -0.211. The van der Waals surface area contributed by atoms with E-state index in [4.69, 9.17) is 9.15 Å². The van der Waals surface area contributed by atoms with E-state index in [1.54, 1.807) is 13.2 Å². The molecule has 106 valence electrons. The number of rotatable bonds is 5. The zero-order valence-electron chi connectivity index (χ0n) is 11.4. The normalized spacial score (nSPS) is 10.3. The molecule has 0 atom stereocenters. The largest absolute Gasteiger partial charge is 0.496 e. The van der Waals surface area contributed by atoms with Gasteiger partial charge in [0.05, 0.1) is 11.6 Å². The van der Waals surface area contributed by atoms with Crippen LogP contribution in [-0.4, -0.2) is 13.0 Å². The number of methoxy groups -OCH3 is 1. The van der Waals surface area contributed by atoms with Gasteiger partial charge in [0.1, 0.15) is 11.5 Å². The molecule has 0 aliphatic heterocycles. The number of carbonyl (C=O) groups is 1. The van der Waals surface area contributed by atoms with Crippen LogP contribution in [0, 0.1) is 0 Å². The van der Waals surface area contributed by atoms with Gasteiger partial charge in [0.2, 0.25) is 0 Å². The van der Waals surface area contributed by atoms with Crippen LogP contribution in [0.4, 0.5) is 0 Å². The molecule has 0 radical (unpaired) electrons. The highest BCUT2D eigenvalue weighted by Gasteiger charge is 2.10. The molecule has 1 aromatic heterocycles. The van der Waals surface area contributed by atoms with Crippen molar-refractivity contribution in [3.63, 3.8) is 0 Å². The Hall–Kier alpha value is -1.75. The van der Waals surface area contributed by atoms with Crippen molar-refractivity contribution in [1.82, 2.24) is 5.32 Å². The van der Waals surface area contributed by atoms with Crippen LogP contribution < -0.4 is 10.1 Å². The molecule has 0 spiro atoms. The van der Waals surface area contributed by atoms with Crippen LogP contribution in [0.2, 0.25) is 0 Å². The third kappa shape index (κ3) is 3.42. The van der Waals surface area contributed by atoms with Crippen molar-refractivity contribution >= 4 is 21.8 Å². The Morgan fingerprint density at radius 3 is 2.75 bits per heavy atom. The Balaban J connectivity index is 1.97. The molecule has 2 aromatic rings. The summed E-state index contributed by atoms with van der Waals surface area (Å²) in [6.07, 6.45) is 0.776. The zero-order valence-corrected chi connectivity index (χ0v) is 13.0. The molecule has 0 bridgehead atoms. The SMILES string of the molecule is CCc1ccc(C(=O)NCc2ccc(OC)c(Br)c2)o1. The molecule has 1 aromatic carbocycles. The maximum absolute atomic E-state index is 11.9. The van der Waals surface area contributed by atoms with E-state index >= 15 is 0 Å². The van der Waals surface area contributed by atoms with Crippen molar-refractivity contribution in [2.75, 3.05) is 7.11 Å². The van der Waals surface area contributed by atoms with Crippen molar-refractivity contribution in [3.8, 4) is 5.75 Å². The fourth-order valence-corrected chi connectivity index (χ4v) is 2.37. The summed E-state index contributed by atoms with van der Waals surface area (Å²) >= 11 is 3.42. The smallest absolute Gasteiger partial charge is 0.287 e. The average Bonchev–Trinajstić information content (AvgIpc) is 2.94. The van der Waals surface area contributed by atoms with Crippen LogP contribution in [0.25, 0.3) is 0 Å². The predicted molar refractivity (Wildman–Crippen MR) is 80.0 cm³/mol. The van der Waals surface area contributed by atoms with E-state index in [1.807, 2.05) is 31.2 Å². The second kappa shape index (κ2) is 6.61. The lowest BCUT2D eigenvalue weighted by Gasteiger charge is -2.07. The van der Waals surface area contributed by atoms with Gasteiger partial charge in [-0.3, -0.25) is 4.79 Å². The highest BCUT2D eigenvalue weighted by atomic mass is 79.9. The van der Waals surface area contributed by atoms with E-state index in [1.165, 1.54) is 0 Å². The van der Waals surface area contributed by atoms with Gasteiger partial charge in [-0.2, -0.15) is 0 Å². The number of carbonyl (C=O) groups excluding carboxylic acids is 1. The minimum absolute atomic E-state index is 0.211. The molecule has 0 fully saturated rings. The maximum Gasteiger partial charge on any atom is 0.287 e. The second-order valence-corrected chi connectivity index (χ2v) is 5.13. The third-order valence-electron chi connectivity index (χ3n) is 2.90. The zero-order chi connectivity index (χ0) is 14.5. The van der Waals surface area contributed by atoms with Crippen LogP contribution in [-0.2, 0) is 13.0 Å². The molecule has 1 amide bonds. The van der Waals surface area contributed by atoms with Crippen molar-refractivity contribution in [2.24, 2.45) is 0 Å². The first-order valence-corrected chi connectivity index (χ1v) is 7.12. The van der Waals surface area contributed by atoms with E-state index in [2.05, 4.69) is 21.2 Å². The second-order valence-electron chi connectivity index (χ2n) is 4.27. The highest BCUT2D eigenvalue weighted by Crippen LogP contribution is 2.25. The average molecular weight is 338 g/mol. The Morgan fingerprint density at radius 2 is 2.15 bits per heavy atom. The molecule has 2 rings (SSSR count). The summed E-state index contributed by atoms with van der Waals surface area (Å²) in [7, 11) is 1.61. The molecule has 0 saturated heterocycles. The molecule has 4 nitrogen and oxygen atoms in total. The molecule has 5 heteroatoms. The fraction of sp³-hybridized carbons (Fsp3) is 0.267. The van der Waals surface area contributed by atoms with E-state index in [0.717, 1.165) is 28.0 Å². The van der Waals surface area contributed by atoms with E-state index in [-0.39, 0.29) is 5.91 Å². The van der Waals surface area contributed by atoms with Crippen molar-refractivity contribution < 1.29 is 13.9 Å². The monoisotopic (exact) mass is 337 g/mol. The van der Waals surface area contributed by atoms with Gasteiger partial charge in [-0.05, 0) is 45.8 Å². The van der Waals surface area contributed by atoms with Gasteiger partial charge in [0.25, 0.3) is 5.91 Å². The number of halogens is 1. The molecular weight excluding hydrogens is 322 g/mol. The summed E-state index contributed by atoms with van der Waals surface area (Å²) in [4.78, 5) is 11.9. The number of ether oxygens (including phenoxy) is 1. The third-order valence-corrected chi connectivity index (χ3v) is 3.52. The van der Waals surface area contributed by atoms with Gasteiger partial charge in [-0.15, -0.1) is 0 Å². The molecule has 20 heavy (non-hydrogen) atoms. The maximum atomic E-state index is 11.9. The van der Waals surface area contributed by atoms with Gasteiger partial charge in [-0.1, -0.05) is 13.0 Å². The van der Waals surface area contributed by atoms with Crippen LogP contribution in [0.1, 0.15) is 28.8 Å². The van der Waals surface area contributed by atoms with Crippen LogP contribution in [0.3, 0.4) is 0 Å². The lowest BCUT2D eigenvalue weighted by Crippen LogP contribution is -2.22. The van der Waals surface area contributed by atoms with Gasteiger partial charge in [0, 0.05) is 13.0 Å². The van der Waals surface area contributed by atoms with E-state index in [0.29, 0.717) is 12.3 Å². The number of aryl methyl sites for hydroxylation is 1. The summed E-state index contributed by atoms with van der Waals surface area (Å²) in [5.74, 6) is 1.70. The number of amides is 1. The molecule has 1 N–H and O–H groups in total. The van der Waals surface area contributed by atoms with Gasteiger partial charge in [0.15, 0.2) is 5.76 Å². The number of hydrogen-bond donors (Lipinski definition) is 1. The molecule has 1 heterocycles. The standard InChI is InChI=1S/C15H16BrNO3/c1-3-11-5-7-14(20-11)15(18)17-9-10-4-6-13(19-2)12(16)8-10/h4-8H,3,9H2,1-2H3,(H,17,18). The minimum Gasteiger partial charge on any atom is -0.496 e. The number of furan rings is 1. The lowest BCUT2D eigenvalue weighted by atomic mass is 10.2. The highest BCUT2D eigenvalue weighted by molar-refractivity contribution is 9.10. The molecule has 0 aliphatic carbocycles. The quantitative estimate of drug-likeness (QED) is 0.907. The van der Waals surface area contributed by atoms with Gasteiger partial charge in [-0.25, -0.2) is 0 Å². The summed E-state index contributed by atoms with van der Waals surface area (Å²) in [6.45, 7) is 2.42. The van der Waals surface area contributed by atoms with E-state index in [9.17, 15) is 4.79 Å². The number of nitrogens with one attached hydrogen (secondary N) is 1. The first-order chi connectivity index (χ1) is 9.63. The van der Waals surface area contributed by atoms with Crippen molar-refractivity contribution in [2.45, 2.75) is 19.9 Å². The van der Waals surface area contributed by atoms with Crippen molar-refractivity contribution in [3.05, 3.63) is 51.9 Å². The Labute approximate surface area is 126 Å². The Kier molecular flexibility index (Phi) is 4.84. The fourth-order valence-electron chi connectivity index (χ4n) is 1.78. The number of hydrogen-bond acceptors (Lipinski definition) is 3. The Morgan fingerprint density at radius 1 is 1.35 bits per heavy atom. The first-order valence-electron chi connectivity index (χ1n) is 6.33. The van der Waals surface area contributed by atoms with Crippen molar-refractivity contribution in [1.29, 1.82) is 0 Å². The number of benzene rings is 1. The topological polar surface area (TPSA) is 51.5 Å². The summed E-state index contributed by atoms with van der Waals surface area (Å²) in [6, 6.07) is 9.19. The van der Waals surface area contributed by atoms with Crippen LogP contribution in [0.15, 0.2) is 39.2 Å². The van der Waals surface area contributed by atoms with Crippen LogP contribution >= 0.6 is 15.9 Å². The molecule has 0 unspecified atom stereocenters. The molecule has 0 saturated carbocycles.